The largest absolute Gasteiger partial charge is 0.377 e. The van der Waals surface area contributed by atoms with Gasteiger partial charge in [0, 0.05) is 23.3 Å². The van der Waals surface area contributed by atoms with Crippen LogP contribution in [0.5, 0.6) is 0 Å². The molecule has 0 atom stereocenters. The van der Waals surface area contributed by atoms with Crippen molar-refractivity contribution in [1.29, 1.82) is 0 Å². The van der Waals surface area contributed by atoms with E-state index in [4.69, 9.17) is 4.74 Å². The van der Waals surface area contributed by atoms with E-state index in [-0.39, 0.29) is 29.2 Å². The van der Waals surface area contributed by atoms with Gasteiger partial charge in [0.2, 0.25) is 0 Å². The third-order valence-corrected chi connectivity index (χ3v) is 6.90. The molecule has 0 aliphatic heterocycles. The van der Waals surface area contributed by atoms with Gasteiger partial charge in [0.05, 0.1) is 6.61 Å². The summed E-state index contributed by atoms with van der Waals surface area (Å²) in [5, 5.41) is 0. The third kappa shape index (κ3) is 5.67. The van der Waals surface area contributed by atoms with E-state index >= 15 is 0 Å². The van der Waals surface area contributed by atoms with E-state index in [0.29, 0.717) is 23.7 Å². The summed E-state index contributed by atoms with van der Waals surface area (Å²) in [6, 6.07) is 13.2. The van der Waals surface area contributed by atoms with Crippen LogP contribution in [0.25, 0.3) is 23.3 Å². The van der Waals surface area contributed by atoms with Crippen LogP contribution in [-0.2, 0) is 11.3 Å². The first-order valence-electron chi connectivity index (χ1n) is 12.2. The van der Waals surface area contributed by atoms with E-state index in [1.54, 1.807) is 49.4 Å². The van der Waals surface area contributed by atoms with Crippen LogP contribution >= 0.6 is 0 Å². The fourth-order valence-corrected chi connectivity index (χ4v) is 4.69. The summed E-state index contributed by atoms with van der Waals surface area (Å²) < 4.78 is 63.7. The third-order valence-electron chi connectivity index (χ3n) is 6.90. The smallest absolute Gasteiger partial charge is 0.167 e. The highest BCUT2D eigenvalue weighted by Gasteiger charge is 2.24. The van der Waals surface area contributed by atoms with Gasteiger partial charge in [0.15, 0.2) is 23.3 Å². The molecule has 3 aromatic carbocycles. The Morgan fingerprint density at radius 3 is 2.17 bits per heavy atom. The maximum atomic E-state index is 14.8. The van der Waals surface area contributed by atoms with Crippen LogP contribution < -0.4 is 0 Å². The zero-order valence-corrected chi connectivity index (χ0v) is 20.1. The Morgan fingerprint density at radius 2 is 1.49 bits per heavy atom. The Morgan fingerprint density at radius 1 is 0.771 bits per heavy atom. The first-order chi connectivity index (χ1) is 16.9. The molecule has 0 unspecified atom stereocenters. The lowest BCUT2D eigenvalue weighted by atomic mass is 9.79. The number of hydrogen-bond donors (Lipinski definition) is 0. The molecule has 3 aromatic rings. The highest BCUT2D eigenvalue weighted by atomic mass is 19.2. The lowest BCUT2D eigenvalue weighted by molar-refractivity contribution is 0.131. The van der Waals surface area contributed by atoms with Gasteiger partial charge in [-0.05, 0) is 48.3 Å². The molecule has 1 aliphatic carbocycles. The zero-order valence-electron chi connectivity index (χ0n) is 20.1. The van der Waals surface area contributed by atoms with Gasteiger partial charge in [-0.3, -0.25) is 0 Å². The van der Waals surface area contributed by atoms with Crippen molar-refractivity contribution < 1.29 is 22.3 Å². The molecule has 0 amide bonds. The predicted octanol–water partition coefficient (Wildman–Crippen LogP) is 8.91. The number of hydrogen-bond acceptors (Lipinski definition) is 1. The minimum absolute atomic E-state index is 0.0151. The molecule has 0 aromatic heterocycles. The molecule has 1 aliphatic rings. The Bertz CT molecular complexity index is 1190. The van der Waals surface area contributed by atoms with Crippen molar-refractivity contribution >= 4 is 12.2 Å². The molecule has 0 saturated heterocycles. The topological polar surface area (TPSA) is 9.23 Å². The summed E-state index contributed by atoms with van der Waals surface area (Å²) in [6.45, 7) is 4.41. The van der Waals surface area contributed by atoms with Crippen LogP contribution in [0.4, 0.5) is 17.6 Å². The highest BCUT2D eigenvalue weighted by molar-refractivity contribution is 5.72. The molecule has 1 nitrogen and oxygen atoms in total. The molecule has 0 radical (unpaired) electrons. The van der Waals surface area contributed by atoms with Crippen molar-refractivity contribution in [3.8, 4) is 11.1 Å². The first-order valence-corrected chi connectivity index (χ1v) is 12.2. The highest BCUT2D eigenvalue weighted by Crippen LogP contribution is 2.37. The average molecular weight is 483 g/mol. The molecule has 1 saturated carbocycles. The van der Waals surface area contributed by atoms with Crippen LogP contribution in [0.1, 0.15) is 67.7 Å². The maximum Gasteiger partial charge on any atom is 0.167 e. The minimum Gasteiger partial charge on any atom is -0.377 e. The van der Waals surface area contributed by atoms with Crippen molar-refractivity contribution in [2.45, 2.75) is 52.1 Å². The van der Waals surface area contributed by atoms with E-state index in [9.17, 15) is 17.6 Å². The molecule has 0 bridgehead atoms. The summed E-state index contributed by atoms with van der Waals surface area (Å²) in [4.78, 5) is 0. The Labute approximate surface area is 204 Å². The van der Waals surface area contributed by atoms with Crippen LogP contribution in [0, 0.1) is 29.2 Å². The Kier molecular flexibility index (Phi) is 8.07. The molecule has 4 rings (SSSR count). The fraction of sp³-hybridized carbons (Fsp3) is 0.333. The van der Waals surface area contributed by atoms with Crippen molar-refractivity contribution in [2.75, 3.05) is 6.61 Å². The first kappa shape index (κ1) is 25.2. The van der Waals surface area contributed by atoms with Gasteiger partial charge in [-0.2, -0.15) is 0 Å². The average Bonchev–Trinajstić information content (AvgIpc) is 2.87. The number of ether oxygens (including phenoxy) is 1. The molecule has 0 heterocycles. The normalized spacial score (nSPS) is 18.3. The maximum absolute atomic E-state index is 14.8. The molecule has 5 heteroatoms. The van der Waals surface area contributed by atoms with Gasteiger partial charge < -0.3 is 4.74 Å². The van der Waals surface area contributed by atoms with E-state index < -0.39 is 23.3 Å². The van der Waals surface area contributed by atoms with Crippen molar-refractivity contribution in [2.24, 2.45) is 5.92 Å². The van der Waals surface area contributed by atoms with Gasteiger partial charge in [0.25, 0.3) is 0 Å². The SMILES string of the molecule is CCOCc1ccc(-c2ccc(/C=C/c3ccc(C4CCC(C)CC4)c(F)c3F)cc2)c(F)c1F. The van der Waals surface area contributed by atoms with E-state index in [1.807, 2.05) is 0 Å². The summed E-state index contributed by atoms with van der Waals surface area (Å²) in [5.74, 6) is -2.71. The molecular weight excluding hydrogens is 452 g/mol. The summed E-state index contributed by atoms with van der Waals surface area (Å²) in [6.07, 6.45) is 7.06. The summed E-state index contributed by atoms with van der Waals surface area (Å²) in [5.41, 5.74) is 2.22. The van der Waals surface area contributed by atoms with Crippen LogP contribution in [-0.4, -0.2) is 6.61 Å². The number of benzene rings is 3. The van der Waals surface area contributed by atoms with Gasteiger partial charge >= 0.3 is 0 Å². The lowest BCUT2D eigenvalue weighted by Gasteiger charge is -2.27. The molecule has 1 fully saturated rings. The Balaban J connectivity index is 1.49. The Hall–Kier alpha value is -2.92. The summed E-state index contributed by atoms with van der Waals surface area (Å²) in [7, 11) is 0. The standard InChI is InChI=1S/C30H30F4O/c1-3-35-18-24-15-17-26(30(34)28(24)32)22-11-6-20(7-12-22)8-13-23-14-16-25(29(33)27(23)31)21-9-4-19(2)5-10-21/h6-8,11-17,19,21H,3-5,9-10,18H2,1-2H3/b13-8+. The van der Waals surface area contributed by atoms with Crippen LogP contribution in [0.2, 0.25) is 0 Å². The van der Waals surface area contributed by atoms with Gasteiger partial charge in [0.1, 0.15) is 0 Å². The van der Waals surface area contributed by atoms with Gasteiger partial charge in [-0.1, -0.05) is 80.4 Å². The number of rotatable bonds is 7. The van der Waals surface area contributed by atoms with E-state index in [2.05, 4.69) is 6.92 Å². The second-order valence-corrected chi connectivity index (χ2v) is 9.32. The monoisotopic (exact) mass is 482 g/mol. The van der Waals surface area contributed by atoms with Crippen LogP contribution in [0.3, 0.4) is 0 Å². The van der Waals surface area contributed by atoms with Gasteiger partial charge in [-0.15, -0.1) is 0 Å². The predicted molar refractivity (Wildman–Crippen MR) is 133 cm³/mol. The molecule has 35 heavy (non-hydrogen) atoms. The van der Waals surface area contributed by atoms with Crippen molar-refractivity contribution in [3.63, 3.8) is 0 Å². The number of halogens is 4. The molecule has 0 spiro atoms. The van der Waals surface area contributed by atoms with Crippen molar-refractivity contribution in [3.05, 3.63) is 94.1 Å². The molecular formula is C30H30F4O. The zero-order chi connectivity index (χ0) is 24.9. The molecule has 0 N–H and O–H groups in total. The minimum atomic E-state index is -0.921. The second kappa shape index (κ2) is 11.2. The molecule has 184 valence electrons. The quantitative estimate of drug-likeness (QED) is 0.241. The van der Waals surface area contributed by atoms with Crippen molar-refractivity contribution in [1.82, 2.24) is 0 Å². The van der Waals surface area contributed by atoms with Crippen LogP contribution in [0.15, 0.2) is 48.5 Å². The second-order valence-electron chi connectivity index (χ2n) is 9.32. The van der Waals surface area contributed by atoms with E-state index in [0.717, 1.165) is 31.2 Å². The summed E-state index contributed by atoms with van der Waals surface area (Å²) >= 11 is 0. The van der Waals surface area contributed by atoms with Gasteiger partial charge in [-0.25, -0.2) is 17.6 Å². The lowest BCUT2D eigenvalue weighted by Crippen LogP contribution is -2.13. The fourth-order valence-electron chi connectivity index (χ4n) is 4.69. The van der Waals surface area contributed by atoms with E-state index in [1.165, 1.54) is 18.2 Å².